The normalized spacial score (nSPS) is 52.5. The summed E-state index contributed by atoms with van der Waals surface area (Å²) < 4.78 is 39.5. The summed E-state index contributed by atoms with van der Waals surface area (Å²) in [4.78, 5) is 38.6. The Labute approximate surface area is 295 Å². The van der Waals surface area contributed by atoms with Crippen LogP contribution in [0.3, 0.4) is 0 Å². The van der Waals surface area contributed by atoms with Crippen LogP contribution < -0.4 is 4.74 Å². The molecule has 2 spiro atoms. The molecule has 1 aromatic carbocycles. The molecule has 2 saturated carbocycles. The van der Waals surface area contributed by atoms with Gasteiger partial charge < -0.3 is 28.4 Å². The van der Waals surface area contributed by atoms with E-state index in [2.05, 4.69) is 27.7 Å². The zero-order valence-corrected chi connectivity index (χ0v) is 30.2. The number of carbonyl (C=O) groups is 1. The zero-order chi connectivity index (χ0) is 34.6. The van der Waals surface area contributed by atoms with Gasteiger partial charge in [0.05, 0.1) is 6.10 Å². The first-order valence-corrected chi connectivity index (χ1v) is 19.3. The lowest BCUT2D eigenvalue weighted by Crippen LogP contribution is -2.72. The lowest BCUT2D eigenvalue weighted by atomic mass is 9.56. The lowest BCUT2D eigenvalue weighted by Gasteiger charge is -2.62. The summed E-state index contributed by atoms with van der Waals surface area (Å²) in [6.07, 6.45) is 4.31. The largest absolute Gasteiger partial charge is 0.514 e. The predicted octanol–water partition coefficient (Wildman–Crippen LogP) is 7.46. The number of hydrogen-bond acceptors (Lipinski definition) is 11. The summed E-state index contributed by atoms with van der Waals surface area (Å²) in [6, 6.07) is 9.01. The van der Waals surface area contributed by atoms with Gasteiger partial charge in [-0.3, -0.25) is 0 Å². The Bertz CT molecular complexity index is 1440. The molecule has 8 heterocycles. The molecule has 8 aliphatic heterocycles. The molecule has 11 nitrogen and oxygen atoms in total. The van der Waals surface area contributed by atoms with Gasteiger partial charge in [-0.05, 0) is 100 Å². The maximum absolute atomic E-state index is 13.6. The second-order valence-electron chi connectivity index (χ2n) is 17.4. The molecule has 11 rings (SSSR count). The van der Waals surface area contributed by atoms with Gasteiger partial charge in [0, 0.05) is 31.1 Å². The van der Waals surface area contributed by atoms with Gasteiger partial charge >= 0.3 is 6.16 Å². The van der Waals surface area contributed by atoms with E-state index in [1.165, 1.54) is 0 Å². The molecule has 17 atom stereocenters. The molecule has 8 saturated heterocycles. The van der Waals surface area contributed by atoms with Crippen molar-refractivity contribution in [1.82, 2.24) is 0 Å². The van der Waals surface area contributed by atoms with Crippen LogP contribution in [0, 0.1) is 47.3 Å². The molecule has 0 aromatic heterocycles. The molecule has 0 N–H and O–H groups in total. The fourth-order valence-electron chi connectivity index (χ4n) is 11.8. The topological polar surface area (TPSA) is 109 Å². The average Bonchev–Trinajstić information content (AvgIpc) is 3.46. The summed E-state index contributed by atoms with van der Waals surface area (Å²) in [5.74, 6) is 0.263. The summed E-state index contributed by atoms with van der Waals surface area (Å²) in [5.41, 5.74) is -1.41. The van der Waals surface area contributed by atoms with Crippen molar-refractivity contribution >= 4 is 6.16 Å². The van der Waals surface area contributed by atoms with Crippen LogP contribution in [-0.4, -0.2) is 59.8 Å². The van der Waals surface area contributed by atoms with Crippen molar-refractivity contribution in [2.75, 3.05) is 0 Å². The van der Waals surface area contributed by atoms with Crippen LogP contribution in [0.15, 0.2) is 30.3 Å². The smallest absolute Gasteiger partial charge is 0.428 e. The van der Waals surface area contributed by atoms with E-state index in [4.69, 9.17) is 48.0 Å². The molecule has 0 radical (unpaired) electrons. The van der Waals surface area contributed by atoms with Crippen LogP contribution >= 0.6 is 0 Å². The van der Waals surface area contributed by atoms with Crippen LogP contribution in [0.4, 0.5) is 4.79 Å². The highest BCUT2D eigenvalue weighted by Crippen LogP contribution is 2.63. The average molecular weight is 699 g/mol. The van der Waals surface area contributed by atoms with Gasteiger partial charge in [0.15, 0.2) is 23.8 Å². The molecule has 3 unspecified atom stereocenters. The molecule has 276 valence electrons. The van der Waals surface area contributed by atoms with Crippen molar-refractivity contribution in [3.05, 3.63) is 30.3 Å². The fraction of sp³-hybridized carbons (Fsp3) is 0.821. The van der Waals surface area contributed by atoms with E-state index < -0.39 is 53.7 Å². The van der Waals surface area contributed by atoms with E-state index in [0.717, 1.165) is 51.4 Å². The minimum atomic E-state index is -0.913. The Hall–Kier alpha value is -1.83. The van der Waals surface area contributed by atoms with Crippen LogP contribution in [0.5, 0.6) is 5.75 Å². The molecule has 10 aliphatic rings. The van der Waals surface area contributed by atoms with Gasteiger partial charge in [-0.25, -0.2) is 24.3 Å². The molecule has 10 fully saturated rings. The summed E-state index contributed by atoms with van der Waals surface area (Å²) in [5, 5.41) is 0. The van der Waals surface area contributed by atoms with Crippen LogP contribution in [0.2, 0.25) is 0 Å². The second-order valence-corrected chi connectivity index (χ2v) is 17.4. The van der Waals surface area contributed by atoms with Crippen LogP contribution in [-0.2, 0) is 43.2 Å². The van der Waals surface area contributed by atoms with Crippen molar-refractivity contribution in [3.8, 4) is 5.75 Å². The first kappa shape index (κ1) is 34.0. The molecule has 50 heavy (non-hydrogen) atoms. The molecule has 0 amide bonds. The van der Waals surface area contributed by atoms with Gasteiger partial charge in [0.25, 0.3) is 0 Å². The van der Waals surface area contributed by atoms with Gasteiger partial charge in [-0.2, -0.15) is 0 Å². The second kappa shape index (κ2) is 12.1. The fourth-order valence-corrected chi connectivity index (χ4v) is 11.8. The molecule has 4 bridgehead atoms. The highest BCUT2D eigenvalue weighted by Gasteiger charge is 2.72. The maximum Gasteiger partial charge on any atom is 0.514 e. The van der Waals surface area contributed by atoms with Crippen LogP contribution in [0.25, 0.3) is 0 Å². The monoisotopic (exact) mass is 698 g/mol. The third kappa shape index (κ3) is 5.08. The van der Waals surface area contributed by atoms with E-state index >= 15 is 0 Å². The third-order valence-electron chi connectivity index (χ3n) is 14.5. The first-order chi connectivity index (χ1) is 23.9. The van der Waals surface area contributed by atoms with E-state index in [-0.39, 0.29) is 41.6 Å². The van der Waals surface area contributed by atoms with Gasteiger partial charge in [0.2, 0.25) is 11.6 Å². The van der Waals surface area contributed by atoms with E-state index in [0.29, 0.717) is 24.0 Å². The van der Waals surface area contributed by atoms with Gasteiger partial charge in [-0.1, -0.05) is 45.9 Å². The minimum absolute atomic E-state index is 0.0450. The summed E-state index contributed by atoms with van der Waals surface area (Å²) in [6.45, 7) is 12.9. The molecule has 11 heteroatoms. The highest BCUT2D eigenvalue weighted by atomic mass is 17.3. The predicted molar refractivity (Wildman–Crippen MR) is 176 cm³/mol. The quantitative estimate of drug-likeness (QED) is 0.174. The standard InChI is InChI=1S/C39H54O11/c1-21-12-14-28-23(3)30(42-33-38(28)26(21)16-18-36(5,45-33)47-49-38)20-31(43-35(40)41-25-10-8-7-9-11-25)32-24(4)29-15-13-22(2)27-17-19-37(6)46-34(44-32)39(27,29)50-48-37/h7-11,21-24,26-34H,12-20H2,1-6H3/t21-,22-,23-,24-,26+,27+,28+,29+,30-,31+,32?,33-,34-,36?,37?,38-,39-/m1/s1. The maximum atomic E-state index is 13.6. The molecular formula is C39H54O11. The number of benzene rings is 1. The van der Waals surface area contributed by atoms with Crippen molar-refractivity contribution in [2.45, 2.75) is 153 Å². The highest BCUT2D eigenvalue weighted by molar-refractivity contribution is 5.64. The Kier molecular flexibility index (Phi) is 8.22. The number of hydrogen-bond donors (Lipinski definition) is 0. The van der Waals surface area contributed by atoms with Crippen molar-refractivity contribution < 1.29 is 52.8 Å². The van der Waals surface area contributed by atoms with Crippen molar-refractivity contribution in [2.24, 2.45) is 47.3 Å². The van der Waals surface area contributed by atoms with E-state index in [1.54, 1.807) is 12.1 Å². The molecule has 2 aliphatic carbocycles. The van der Waals surface area contributed by atoms with Crippen molar-refractivity contribution in [3.63, 3.8) is 0 Å². The van der Waals surface area contributed by atoms with Gasteiger partial charge in [-0.15, -0.1) is 0 Å². The molecular weight excluding hydrogens is 644 g/mol. The Morgan fingerprint density at radius 2 is 1.28 bits per heavy atom. The van der Waals surface area contributed by atoms with E-state index in [9.17, 15) is 4.79 Å². The summed E-state index contributed by atoms with van der Waals surface area (Å²) in [7, 11) is 0. The minimum Gasteiger partial charge on any atom is -0.428 e. The van der Waals surface area contributed by atoms with Gasteiger partial charge in [0.1, 0.15) is 18.0 Å². The Morgan fingerprint density at radius 3 is 1.88 bits per heavy atom. The van der Waals surface area contributed by atoms with Crippen molar-refractivity contribution in [1.29, 1.82) is 0 Å². The third-order valence-corrected chi connectivity index (χ3v) is 14.5. The lowest BCUT2D eigenvalue weighted by molar-refractivity contribution is -0.573. The number of ether oxygens (including phenoxy) is 6. The summed E-state index contributed by atoms with van der Waals surface area (Å²) >= 11 is 0. The zero-order valence-electron chi connectivity index (χ0n) is 30.2. The van der Waals surface area contributed by atoms with Crippen LogP contribution in [0.1, 0.15) is 99.3 Å². The Balaban J connectivity index is 1.05. The molecule has 1 aromatic rings. The first-order valence-electron chi connectivity index (χ1n) is 19.3. The SMILES string of the molecule is C[C@H]1[C@@H](C[C@H](OC(=O)Oc2ccccc2)C2O[C@@H]3OC4(C)CC[C@H]5[C@H](C)CC[C@@H]([C@H]2C)[C@@]35OO4)O[C@@H]2OC3(C)CC[C@H]4[C@H](C)CC[C@@H]1[C@@]24OO3. The van der Waals surface area contributed by atoms with E-state index in [1.807, 2.05) is 32.0 Å². The number of rotatable bonds is 5. The number of fused-ring (bicyclic) bond motifs is 4. The number of carbonyl (C=O) groups excluding carboxylic acids is 1. The number of para-hydroxylation sites is 1. The Morgan fingerprint density at radius 1 is 0.720 bits per heavy atom.